The third-order valence-electron chi connectivity index (χ3n) is 1.58. The zero-order valence-electron chi connectivity index (χ0n) is 7.17. The first-order chi connectivity index (χ1) is 6.15. The number of carbonyl (C=O) groups is 1. The molecule has 0 bridgehead atoms. The molecule has 0 aliphatic rings. The van der Waals surface area contributed by atoms with Gasteiger partial charge < -0.3 is 10.4 Å². The second-order valence-corrected chi connectivity index (χ2v) is 3.44. The highest BCUT2D eigenvalue weighted by molar-refractivity contribution is 9.10. The third-order valence-corrected chi connectivity index (χ3v) is 2.07. The van der Waals surface area contributed by atoms with Crippen LogP contribution in [0.4, 0.5) is 5.69 Å². The first-order valence-electron chi connectivity index (χ1n) is 3.92. The van der Waals surface area contributed by atoms with Crippen LogP contribution in [0.25, 0.3) is 0 Å². The van der Waals surface area contributed by atoms with Gasteiger partial charge in [0, 0.05) is 16.7 Å². The van der Waals surface area contributed by atoms with E-state index in [0.29, 0.717) is 12.2 Å². The van der Waals surface area contributed by atoms with Gasteiger partial charge in [0.05, 0.1) is 5.56 Å². The van der Waals surface area contributed by atoms with Crippen molar-refractivity contribution in [2.75, 3.05) is 11.9 Å². The average Bonchev–Trinajstić information content (AvgIpc) is 2.08. The lowest BCUT2D eigenvalue weighted by molar-refractivity contribution is 0.0698. The van der Waals surface area contributed by atoms with E-state index in [9.17, 15) is 4.79 Å². The standard InChI is InChI=1S/C9H10BrNO2/c1-2-11-8-4-3-6(10)5-7(8)9(12)13/h3-5,11H,2H2,1H3,(H,12,13). The number of hydrogen-bond donors (Lipinski definition) is 2. The minimum atomic E-state index is -0.919. The molecule has 13 heavy (non-hydrogen) atoms. The molecular formula is C9H10BrNO2. The molecule has 0 unspecified atom stereocenters. The number of benzene rings is 1. The Kier molecular flexibility index (Phi) is 3.31. The van der Waals surface area contributed by atoms with Crippen molar-refractivity contribution < 1.29 is 9.90 Å². The molecule has 0 aliphatic carbocycles. The normalized spacial score (nSPS) is 9.69. The Hall–Kier alpha value is -1.03. The second-order valence-electron chi connectivity index (χ2n) is 2.53. The van der Waals surface area contributed by atoms with Crippen LogP contribution in [0.3, 0.4) is 0 Å². The van der Waals surface area contributed by atoms with E-state index >= 15 is 0 Å². The fourth-order valence-electron chi connectivity index (χ4n) is 1.04. The van der Waals surface area contributed by atoms with Crippen molar-refractivity contribution in [2.24, 2.45) is 0 Å². The Balaban J connectivity index is 3.10. The molecule has 2 N–H and O–H groups in total. The third kappa shape index (κ3) is 2.45. The van der Waals surface area contributed by atoms with Crippen molar-refractivity contribution in [1.29, 1.82) is 0 Å². The van der Waals surface area contributed by atoms with Crippen molar-refractivity contribution in [2.45, 2.75) is 6.92 Å². The molecule has 0 amide bonds. The highest BCUT2D eigenvalue weighted by Crippen LogP contribution is 2.20. The second kappa shape index (κ2) is 4.28. The Morgan fingerprint density at radius 1 is 1.62 bits per heavy atom. The highest BCUT2D eigenvalue weighted by atomic mass is 79.9. The molecule has 0 saturated carbocycles. The molecule has 0 fully saturated rings. The molecule has 4 heteroatoms. The summed E-state index contributed by atoms with van der Waals surface area (Å²) in [6, 6.07) is 5.14. The van der Waals surface area contributed by atoms with Gasteiger partial charge in [0.15, 0.2) is 0 Å². The molecular weight excluding hydrogens is 234 g/mol. The van der Waals surface area contributed by atoms with Crippen molar-refractivity contribution in [3.63, 3.8) is 0 Å². The largest absolute Gasteiger partial charge is 0.478 e. The topological polar surface area (TPSA) is 49.3 Å². The predicted molar refractivity (Wildman–Crippen MR) is 55.3 cm³/mol. The minimum absolute atomic E-state index is 0.288. The summed E-state index contributed by atoms with van der Waals surface area (Å²) in [5.74, 6) is -0.919. The van der Waals surface area contributed by atoms with Gasteiger partial charge in [-0.3, -0.25) is 0 Å². The number of halogens is 1. The number of carboxylic acids is 1. The van der Waals surface area contributed by atoms with Crippen molar-refractivity contribution >= 4 is 27.6 Å². The van der Waals surface area contributed by atoms with E-state index in [1.165, 1.54) is 0 Å². The first kappa shape index (κ1) is 10.1. The Labute approximate surface area is 84.9 Å². The molecule has 70 valence electrons. The summed E-state index contributed by atoms with van der Waals surface area (Å²) in [7, 11) is 0. The zero-order valence-corrected chi connectivity index (χ0v) is 8.76. The lowest BCUT2D eigenvalue weighted by Crippen LogP contribution is -2.05. The summed E-state index contributed by atoms with van der Waals surface area (Å²) in [5, 5.41) is 11.8. The monoisotopic (exact) mass is 243 g/mol. The van der Waals surface area contributed by atoms with Crippen LogP contribution in [0.5, 0.6) is 0 Å². The summed E-state index contributed by atoms with van der Waals surface area (Å²) in [6.07, 6.45) is 0. The number of anilines is 1. The predicted octanol–water partition coefficient (Wildman–Crippen LogP) is 2.58. The number of rotatable bonds is 3. The fraction of sp³-hybridized carbons (Fsp3) is 0.222. The zero-order chi connectivity index (χ0) is 9.84. The van der Waals surface area contributed by atoms with Gasteiger partial charge in [-0.05, 0) is 25.1 Å². The van der Waals surface area contributed by atoms with Crippen LogP contribution >= 0.6 is 15.9 Å². The summed E-state index contributed by atoms with van der Waals surface area (Å²) in [4.78, 5) is 10.8. The highest BCUT2D eigenvalue weighted by Gasteiger charge is 2.09. The van der Waals surface area contributed by atoms with E-state index in [0.717, 1.165) is 4.47 Å². The fourth-order valence-corrected chi connectivity index (χ4v) is 1.40. The lowest BCUT2D eigenvalue weighted by atomic mass is 10.2. The molecule has 1 aromatic rings. The van der Waals surface area contributed by atoms with Crippen LogP contribution in [0.15, 0.2) is 22.7 Å². The Bertz CT molecular complexity index is 325. The average molecular weight is 244 g/mol. The summed E-state index contributed by atoms with van der Waals surface area (Å²) < 4.78 is 0.770. The van der Waals surface area contributed by atoms with E-state index < -0.39 is 5.97 Å². The summed E-state index contributed by atoms with van der Waals surface area (Å²) >= 11 is 3.22. The maximum absolute atomic E-state index is 10.8. The summed E-state index contributed by atoms with van der Waals surface area (Å²) in [5.41, 5.74) is 0.939. The van der Waals surface area contributed by atoms with E-state index in [-0.39, 0.29) is 5.56 Å². The van der Waals surface area contributed by atoms with Crippen LogP contribution in [0, 0.1) is 0 Å². The molecule has 0 aliphatic heterocycles. The van der Waals surface area contributed by atoms with E-state index in [1.54, 1.807) is 12.1 Å². The van der Waals surface area contributed by atoms with E-state index in [2.05, 4.69) is 21.2 Å². The van der Waals surface area contributed by atoms with E-state index in [1.807, 2.05) is 13.0 Å². The maximum atomic E-state index is 10.8. The van der Waals surface area contributed by atoms with E-state index in [4.69, 9.17) is 5.11 Å². The van der Waals surface area contributed by atoms with Gasteiger partial charge in [0.25, 0.3) is 0 Å². The van der Waals surface area contributed by atoms with Gasteiger partial charge in [0.1, 0.15) is 0 Å². The van der Waals surface area contributed by atoms with Gasteiger partial charge in [0.2, 0.25) is 0 Å². The maximum Gasteiger partial charge on any atom is 0.337 e. The minimum Gasteiger partial charge on any atom is -0.478 e. The van der Waals surface area contributed by atoms with Crippen LogP contribution in [-0.4, -0.2) is 17.6 Å². The lowest BCUT2D eigenvalue weighted by Gasteiger charge is -2.07. The Morgan fingerprint density at radius 2 is 2.31 bits per heavy atom. The smallest absolute Gasteiger partial charge is 0.337 e. The van der Waals surface area contributed by atoms with Crippen LogP contribution in [0.1, 0.15) is 17.3 Å². The van der Waals surface area contributed by atoms with Crippen molar-refractivity contribution in [3.05, 3.63) is 28.2 Å². The van der Waals surface area contributed by atoms with Crippen LogP contribution in [0.2, 0.25) is 0 Å². The number of carboxylic acid groups (broad SMARTS) is 1. The van der Waals surface area contributed by atoms with Crippen molar-refractivity contribution in [1.82, 2.24) is 0 Å². The van der Waals surface area contributed by atoms with Gasteiger partial charge in [-0.2, -0.15) is 0 Å². The van der Waals surface area contributed by atoms with Gasteiger partial charge >= 0.3 is 5.97 Å². The molecule has 0 heterocycles. The first-order valence-corrected chi connectivity index (χ1v) is 4.71. The van der Waals surface area contributed by atoms with Gasteiger partial charge in [-0.15, -0.1) is 0 Å². The molecule has 3 nitrogen and oxygen atoms in total. The number of nitrogens with one attached hydrogen (secondary N) is 1. The van der Waals surface area contributed by atoms with Crippen LogP contribution < -0.4 is 5.32 Å². The number of hydrogen-bond acceptors (Lipinski definition) is 2. The van der Waals surface area contributed by atoms with Crippen molar-refractivity contribution in [3.8, 4) is 0 Å². The quantitative estimate of drug-likeness (QED) is 0.859. The van der Waals surface area contributed by atoms with Gasteiger partial charge in [-0.25, -0.2) is 4.79 Å². The molecule has 1 aromatic carbocycles. The molecule has 0 spiro atoms. The SMILES string of the molecule is CCNc1ccc(Br)cc1C(=O)O. The Morgan fingerprint density at radius 3 is 2.85 bits per heavy atom. The van der Waals surface area contributed by atoms with Gasteiger partial charge in [-0.1, -0.05) is 15.9 Å². The molecule has 0 aromatic heterocycles. The number of aromatic carboxylic acids is 1. The molecule has 0 saturated heterocycles. The molecule has 0 atom stereocenters. The molecule has 1 rings (SSSR count). The van der Waals surface area contributed by atoms with Crippen LogP contribution in [-0.2, 0) is 0 Å². The molecule has 0 radical (unpaired) electrons. The summed E-state index contributed by atoms with van der Waals surface area (Å²) in [6.45, 7) is 2.63.